The van der Waals surface area contributed by atoms with Gasteiger partial charge in [0, 0.05) is 50.0 Å². The molecule has 0 radical (unpaired) electrons. The lowest BCUT2D eigenvalue weighted by atomic mass is 10.3. The van der Waals surface area contributed by atoms with Gasteiger partial charge in [-0.25, -0.2) is 15.0 Å². The van der Waals surface area contributed by atoms with Crippen LogP contribution in [0.1, 0.15) is 11.4 Å². The molecule has 0 amide bonds. The van der Waals surface area contributed by atoms with Crippen molar-refractivity contribution < 1.29 is 0 Å². The molecule has 0 spiro atoms. The van der Waals surface area contributed by atoms with E-state index >= 15 is 0 Å². The molecule has 2 aromatic rings. The molecule has 0 unspecified atom stereocenters. The summed E-state index contributed by atoms with van der Waals surface area (Å²) in [5.74, 6) is 0.796. The molecule has 0 saturated carbocycles. The number of anilines is 2. The molecular formula is C13H18N6S. The van der Waals surface area contributed by atoms with Gasteiger partial charge in [0.15, 0.2) is 5.13 Å². The normalized spacial score (nSPS) is 15.7. The number of hydrogen-bond donors (Lipinski definition) is 1. The van der Waals surface area contributed by atoms with Crippen LogP contribution >= 0.6 is 11.3 Å². The number of nitrogens with zero attached hydrogens (tertiary/aromatic N) is 5. The van der Waals surface area contributed by atoms with E-state index in [-0.39, 0.29) is 0 Å². The largest absolute Gasteiger partial charge is 0.345 e. The zero-order valence-corrected chi connectivity index (χ0v) is 12.3. The molecule has 3 rings (SSSR count). The average Bonchev–Trinajstić information content (AvgIpc) is 3.01. The number of hydrogen-bond acceptors (Lipinski definition) is 7. The third-order valence-corrected chi connectivity index (χ3v) is 4.19. The lowest BCUT2D eigenvalue weighted by Gasteiger charge is -2.34. The second kappa shape index (κ2) is 5.72. The molecule has 106 valence electrons. The van der Waals surface area contributed by atoms with Crippen LogP contribution in [-0.2, 0) is 6.54 Å². The van der Waals surface area contributed by atoms with Gasteiger partial charge in [-0.15, -0.1) is 11.3 Å². The number of piperazine rings is 1. The van der Waals surface area contributed by atoms with E-state index in [1.54, 1.807) is 11.3 Å². The van der Waals surface area contributed by atoms with E-state index in [0.29, 0.717) is 6.54 Å². The molecule has 1 saturated heterocycles. The van der Waals surface area contributed by atoms with Gasteiger partial charge >= 0.3 is 0 Å². The fraction of sp³-hybridized carbons (Fsp3) is 0.462. The maximum atomic E-state index is 5.68. The monoisotopic (exact) mass is 290 g/mol. The van der Waals surface area contributed by atoms with Crippen LogP contribution < -0.4 is 15.5 Å². The van der Waals surface area contributed by atoms with Crippen LogP contribution in [0, 0.1) is 6.92 Å². The number of aryl methyl sites for hydroxylation is 1. The SMILES string of the molecule is Cc1cc(CN)nc(N2CCN(c3nccs3)CC2)n1. The highest BCUT2D eigenvalue weighted by molar-refractivity contribution is 7.13. The fourth-order valence-corrected chi connectivity index (χ4v) is 3.03. The number of nitrogens with two attached hydrogens (primary N) is 1. The van der Waals surface area contributed by atoms with Gasteiger partial charge in [-0.2, -0.15) is 0 Å². The van der Waals surface area contributed by atoms with Crippen molar-refractivity contribution in [3.63, 3.8) is 0 Å². The molecule has 7 heteroatoms. The van der Waals surface area contributed by atoms with Crippen LogP contribution in [-0.4, -0.2) is 41.1 Å². The summed E-state index contributed by atoms with van der Waals surface area (Å²) in [4.78, 5) is 17.9. The molecule has 6 nitrogen and oxygen atoms in total. The zero-order chi connectivity index (χ0) is 13.9. The van der Waals surface area contributed by atoms with Crippen molar-refractivity contribution >= 4 is 22.4 Å². The lowest BCUT2D eigenvalue weighted by molar-refractivity contribution is 0.636. The van der Waals surface area contributed by atoms with Crippen molar-refractivity contribution in [3.05, 3.63) is 29.0 Å². The Morgan fingerprint density at radius 3 is 2.60 bits per heavy atom. The summed E-state index contributed by atoms with van der Waals surface area (Å²) < 4.78 is 0. The Morgan fingerprint density at radius 2 is 1.95 bits per heavy atom. The van der Waals surface area contributed by atoms with Crippen molar-refractivity contribution in [2.45, 2.75) is 13.5 Å². The van der Waals surface area contributed by atoms with Crippen LogP contribution in [0.4, 0.5) is 11.1 Å². The van der Waals surface area contributed by atoms with Gasteiger partial charge in [-0.3, -0.25) is 0 Å². The third-order valence-electron chi connectivity index (χ3n) is 3.36. The minimum atomic E-state index is 0.454. The van der Waals surface area contributed by atoms with Crippen LogP contribution in [0.2, 0.25) is 0 Å². The van der Waals surface area contributed by atoms with Crippen LogP contribution in [0.3, 0.4) is 0 Å². The number of aromatic nitrogens is 3. The fourth-order valence-electron chi connectivity index (χ4n) is 2.33. The van der Waals surface area contributed by atoms with Gasteiger partial charge in [-0.1, -0.05) is 0 Å². The molecule has 1 aliphatic heterocycles. The minimum absolute atomic E-state index is 0.454. The highest BCUT2D eigenvalue weighted by atomic mass is 32.1. The number of thiazole rings is 1. The third kappa shape index (κ3) is 2.73. The molecule has 1 aliphatic rings. The summed E-state index contributed by atoms with van der Waals surface area (Å²) in [6.07, 6.45) is 1.85. The Balaban J connectivity index is 1.70. The van der Waals surface area contributed by atoms with Crippen LogP contribution in [0.15, 0.2) is 17.6 Å². The van der Waals surface area contributed by atoms with E-state index in [2.05, 4.69) is 24.8 Å². The van der Waals surface area contributed by atoms with E-state index in [4.69, 9.17) is 5.73 Å². The summed E-state index contributed by atoms with van der Waals surface area (Å²) in [5.41, 5.74) is 7.55. The second-order valence-electron chi connectivity index (χ2n) is 4.79. The quantitative estimate of drug-likeness (QED) is 0.910. The Bertz CT molecular complexity index is 562. The Hall–Kier alpha value is -1.73. The minimum Gasteiger partial charge on any atom is -0.345 e. The molecule has 2 N–H and O–H groups in total. The van der Waals surface area contributed by atoms with Crippen LogP contribution in [0.5, 0.6) is 0 Å². The summed E-state index contributed by atoms with van der Waals surface area (Å²) in [6.45, 7) is 6.15. The zero-order valence-electron chi connectivity index (χ0n) is 11.5. The average molecular weight is 290 g/mol. The summed E-state index contributed by atoms with van der Waals surface area (Å²) in [5, 5.41) is 3.11. The van der Waals surface area contributed by atoms with Gasteiger partial charge in [-0.05, 0) is 13.0 Å². The van der Waals surface area contributed by atoms with E-state index in [1.165, 1.54) is 0 Å². The summed E-state index contributed by atoms with van der Waals surface area (Å²) in [7, 11) is 0. The molecule has 20 heavy (non-hydrogen) atoms. The van der Waals surface area contributed by atoms with E-state index < -0.39 is 0 Å². The van der Waals surface area contributed by atoms with Crippen molar-refractivity contribution in [1.29, 1.82) is 0 Å². The first kappa shape index (κ1) is 13.3. The highest BCUT2D eigenvalue weighted by Crippen LogP contribution is 2.20. The predicted molar refractivity (Wildman–Crippen MR) is 81.2 cm³/mol. The maximum absolute atomic E-state index is 5.68. The topological polar surface area (TPSA) is 71.2 Å². The van der Waals surface area contributed by atoms with Crippen molar-refractivity contribution in [2.24, 2.45) is 5.73 Å². The van der Waals surface area contributed by atoms with Gasteiger partial charge in [0.25, 0.3) is 0 Å². The smallest absolute Gasteiger partial charge is 0.225 e. The molecule has 0 aliphatic carbocycles. The second-order valence-corrected chi connectivity index (χ2v) is 5.67. The molecule has 0 atom stereocenters. The lowest BCUT2D eigenvalue weighted by Crippen LogP contribution is -2.47. The number of rotatable bonds is 3. The summed E-state index contributed by atoms with van der Waals surface area (Å²) >= 11 is 1.68. The summed E-state index contributed by atoms with van der Waals surface area (Å²) in [6, 6.07) is 1.94. The van der Waals surface area contributed by atoms with E-state index in [0.717, 1.165) is 48.6 Å². The van der Waals surface area contributed by atoms with E-state index in [1.807, 2.05) is 24.6 Å². The molecule has 0 aromatic carbocycles. The van der Waals surface area contributed by atoms with Gasteiger partial charge in [0.2, 0.25) is 5.95 Å². The first-order chi connectivity index (χ1) is 9.76. The van der Waals surface area contributed by atoms with Crippen molar-refractivity contribution in [1.82, 2.24) is 15.0 Å². The van der Waals surface area contributed by atoms with Gasteiger partial charge in [0.1, 0.15) is 0 Å². The predicted octanol–water partition coefficient (Wildman–Crippen LogP) is 1.03. The molecule has 1 fully saturated rings. The first-order valence-electron chi connectivity index (χ1n) is 6.70. The molecular weight excluding hydrogens is 272 g/mol. The maximum Gasteiger partial charge on any atom is 0.225 e. The highest BCUT2D eigenvalue weighted by Gasteiger charge is 2.20. The van der Waals surface area contributed by atoms with Gasteiger partial charge < -0.3 is 15.5 Å². The van der Waals surface area contributed by atoms with Crippen molar-refractivity contribution in [3.8, 4) is 0 Å². The molecule has 0 bridgehead atoms. The first-order valence-corrected chi connectivity index (χ1v) is 7.58. The Kier molecular flexibility index (Phi) is 3.79. The Morgan fingerprint density at radius 1 is 1.20 bits per heavy atom. The van der Waals surface area contributed by atoms with Crippen LogP contribution in [0.25, 0.3) is 0 Å². The molecule has 3 heterocycles. The standard InChI is InChI=1S/C13H18N6S/c1-10-8-11(9-14)17-12(16-10)18-3-5-19(6-4-18)13-15-2-7-20-13/h2,7-8H,3-6,9,14H2,1H3. The molecule has 2 aromatic heterocycles. The Labute approximate surface area is 122 Å². The van der Waals surface area contributed by atoms with Crippen molar-refractivity contribution in [2.75, 3.05) is 36.0 Å². The van der Waals surface area contributed by atoms with E-state index in [9.17, 15) is 0 Å². The van der Waals surface area contributed by atoms with Gasteiger partial charge in [0.05, 0.1) is 5.69 Å².